The van der Waals surface area contributed by atoms with Gasteiger partial charge in [0.2, 0.25) is 0 Å². The first-order valence-electron chi connectivity index (χ1n) is 7.50. The number of rotatable bonds is 3. The molecule has 1 heterocycles. The van der Waals surface area contributed by atoms with Gasteiger partial charge in [-0.05, 0) is 37.8 Å². The summed E-state index contributed by atoms with van der Waals surface area (Å²) in [7, 11) is 0. The first kappa shape index (κ1) is 14.3. The fourth-order valence-corrected chi connectivity index (χ4v) is 2.58. The molecule has 2 aromatic rings. The van der Waals surface area contributed by atoms with Crippen molar-refractivity contribution in [1.29, 1.82) is 0 Å². The monoisotopic (exact) mass is 293 g/mol. The van der Waals surface area contributed by atoms with E-state index < -0.39 is 0 Å². The number of carbonyl (C=O) groups excluding carboxylic acids is 1. The van der Waals surface area contributed by atoms with E-state index >= 15 is 0 Å². The van der Waals surface area contributed by atoms with Crippen LogP contribution in [0.2, 0.25) is 0 Å². The van der Waals surface area contributed by atoms with E-state index in [0.717, 1.165) is 47.5 Å². The number of aromatic nitrogens is 2. The molecule has 0 aliphatic heterocycles. The number of nitrogens with zero attached hydrogens (tertiary/aromatic N) is 1. The molecule has 2 N–H and O–H groups in total. The summed E-state index contributed by atoms with van der Waals surface area (Å²) >= 11 is 0. The predicted octanol–water partition coefficient (Wildman–Crippen LogP) is 3.85. The van der Waals surface area contributed by atoms with Gasteiger partial charge in [-0.1, -0.05) is 30.3 Å². The fraction of sp³-hybridized carbons (Fsp3) is 0.222. The molecule has 4 nitrogen and oxygen atoms in total. The van der Waals surface area contributed by atoms with Crippen LogP contribution >= 0.6 is 0 Å². The normalized spacial score (nSPS) is 18.9. The quantitative estimate of drug-likeness (QED) is 0.845. The average molecular weight is 293 g/mol. The molecular weight excluding hydrogens is 274 g/mol. The van der Waals surface area contributed by atoms with E-state index in [9.17, 15) is 4.79 Å². The Balaban J connectivity index is 1.76. The molecule has 22 heavy (non-hydrogen) atoms. The third kappa shape index (κ3) is 3.34. The highest BCUT2D eigenvalue weighted by molar-refractivity contribution is 6.11. The van der Waals surface area contributed by atoms with Gasteiger partial charge < -0.3 is 5.32 Å². The third-order valence-corrected chi connectivity index (χ3v) is 3.72. The molecule has 1 fully saturated rings. The van der Waals surface area contributed by atoms with Gasteiger partial charge >= 0.3 is 0 Å². The number of aromatic amines is 1. The lowest BCUT2D eigenvalue weighted by Gasteiger charge is -2.16. The molecule has 4 heteroatoms. The summed E-state index contributed by atoms with van der Waals surface area (Å²) in [5.74, 6) is 0.867. The first-order chi connectivity index (χ1) is 10.7. The minimum atomic E-state index is 0.134. The molecule has 1 aliphatic rings. The van der Waals surface area contributed by atoms with Crippen molar-refractivity contribution in [2.45, 2.75) is 26.2 Å². The number of carbonyl (C=O) groups is 1. The molecule has 1 aromatic carbocycles. The molecule has 0 spiro atoms. The van der Waals surface area contributed by atoms with Gasteiger partial charge in [-0.2, -0.15) is 5.10 Å². The maximum Gasteiger partial charge on any atom is 0.186 e. The van der Waals surface area contributed by atoms with Crippen molar-refractivity contribution in [1.82, 2.24) is 10.2 Å². The van der Waals surface area contributed by atoms with Crippen LogP contribution in [0.5, 0.6) is 0 Å². The highest BCUT2D eigenvalue weighted by Gasteiger charge is 2.20. The number of Topliss-reactive ketones (excluding diaryl/α,β-unsaturated/α-hetero) is 1. The van der Waals surface area contributed by atoms with Gasteiger partial charge in [0.25, 0.3) is 0 Å². The van der Waals surface area contributed by atoms with Crippen molar-refractivity contribution < 1.29 is 4.79 Å². The highest BCUT2D eigenvalue weighted by Crippen LogP contribution is 2.26. The summed E-state index contributed by atoms with van der Waals surface area (Å²) in [6.45, 7) is 1.94. The SMILES string of the molecule is Cc1cc(N/C=C2\CCC/C(=C\c3ccccc3)C2=O)n[nH]1. The number of ketones is 1. The lowest BCUT2D eigenvalue weighted by atomic mass is 9.88. The second-order valence-corrected chi connectivity index (χ2v) is 5.51. The lowest BCUT2D eigenvalue weighted by molar-refractivity contribution is -0.112. The van der Waals surface area contributed by atoms with Gasteiger partial charge in [0.15, 0.2) is 11.6 Å². The van der Waals surface area contributed by atoms with E-state index in [1.807, 2.05) is 49.4 Å². The average Bonchev–Trinajstić information content (AvgIpc) is 2.95. The number of anilines is 1. The molecule has 0 unspecified atom stereocenters. The number of hydrogen-bond donors (Lipinski definition) is 2. The zero-order chi connectivity index (χ0) is 15.4. The van der Waals surface area contributed by atoms with Crippen LogP contribution in [0.3, 0.4) is 0 Å². The van der Waals surface area contributed by atoms with Gasteiger partial charge in [0, 0.05) is 29.1 Å². The Morgan fingerprint density at radius 3 is 2.68 bits per heavy atom. The summed E-state index contributed by atoms with van der Waals surface area (Å²) in [6.07, 6.45) is 6.43. The van der Waals surface area contributed by atoms with Crippen LogP contribution in [0.25, 0.3) is 6.08 Å². The van der Waals surface area contributed by atoms with Gasteiger partial charge in [-0.15, -0.1) is 0 Å². The number of benzene rings is 1. The van der Waals surface area contributed by atoms with Crippen LogP contribution in [-0.4, -0.2) is 16.0 Å². The predicted molar refractivity (Wildman–Crippen MR) is 88.3 cm³/mol. The van der Waals surface area contributed by atoms with Crippen molar-refractivity contribution in [3.63, 3.8) is 0 Å². The molecule has 0 radical (unpaired) electrons. The second-order valence-electron chi connectivity index (χ2n) is 5.51. The van der Waals surface area contributed by atoms with E-state index in [2.05, 4.69) is 15.5 Å². The van der Waals surface area contributed by atoms with Crippen LogP contribution < -0.4 is 5.32 Å². The number of H-pyrrole nitrogens is 1. The number of nitrogens with one attached hydrogen (secondary N) is 2. The molecule has 0 saturated heterocycles. The second kappa shape index (κ2) is 6.43. The fourth-order valence-electron chi connectivity index (χ4n) is 2.58. The Bertz CT molecular complexity index is 726. The molecular formula is C18H19N3O. The van der Waals surface area contributed by atoms with Crippen molar-refractivity contribution in [2.75, 3.05) is 5.32 Å². The molecule has 1 aromatic heterocycles. The minimum Gasteiger partial charge on any atom is -0.345 e. The zero-order valence-corrected chi connectivity index (χ0v) is 12.6. The standard InChI is InChI=1S/C18H19N3O/c1-13-10-17(21-20-13)19-12-16-9-5-8-15(18(16)22)11-14-6-3-2-4-7-14/h2-4,6-7,10-12H,5,8-9H2,1H3,(H2,19,20,21)/b15-11+,16-12+. The maximum absolute atomic E-state index is 12.6. The van der Waals surface area contributed by atoms with Gasteiger partial charge in [0.05, 0.1) is 0 Å². The molecule has 0 amide bonds. The zero-order valence-electron chi connectivity index (χ0n) is 12.6. The minimum absolute atomic E-state index is 0.134. The van der Waals surface area contributed by atoms with Crippen LogP contribution in [0.15, 0.2) is 53.7 Å². The molecule has 1 aliphatic carbocycles. The number of aryl methyl sites for hydroxylation is 1. The van der Waals surface area contributed by atoms with Gasteiger partial charge in [0.1, 0.15) is 0 Å². The largest absolute Gasteiger partial charge is 0.345 e. The van der Waals surface area contributed by atoms with Crippen molar-refractivity contribution in [2.24, 2.45) is 0 Å². The molecule has 1 saturated carbocycles. The molecule has 0 atom stereocenters. The maximum atomic E-state index is 12.6. The summed E-state index contributed by atoms with van der Waals surface area (Å²) in [6, 6.07) is 11.9. The summed E-state index contributed by atoms with van der Waals surface area (Å²) < 4.78 is 0. The third-order valence-electron chi connectivity index (χ3n) is 3.72. The van der Waals surface area contributed by atoms with Crippen molar-refractivity contribution in [3.05, 3.63) is 65.0 Å². The summed E-state index contributed by atoms with van der Waals surface area (Å²) in [4.78, 5) is 12.6. The molecule has 0 bridgehead atoms. The van der Waals surface area contributed by atoms with Gasteiger partial charge in [-0.25, -0.2) is 0 Å². The van der Waals surface area contributed by atoms with Crippen molar-refractivity contribution in [3.8, 4) is 0 Å². The number of allylic oxidation sites excluding steroid dienone is 2. The Kier molecular flexibility index (Phi) is 4.19. The Morgan fingerprint density at radius 1 is 1.18 bits per heavy atom. The Labute approximate surface area is 129 Å². The highest BCUT2D eigenvalue weighted by atomic mass is 16.1. The van der Waals surface area contributed by atoms with Crippen LogP contribution in [0, 0.1) is 6.92 Å². The van der Waals surface area contributed by atoms with Crippen molar-refractivity contribution >= 4 is 17.7 Å². The van der Waals surface area contributed by atoms with E-state index in [-0.39, 0.29) is 5.78 Å². The van der Waals surface area contributed by atoms with Crippen LogP contribution in [0.4, 0.5) is 5.82 Å². The summed E-state index contributed by atoms with van der Waals surface area (Å²) in [5.41, 5.74) is 3.75. The van der Waals surface area contributed by atoms with E-state index in [1.165, 1.54) is 0 Å². The Morgan fingerprint density at radius 2 is 1.95 bits per heavy atom. The number of hydrogen-bond acceptors (Lipinski definition) is 3. The van der Waals surface area contributed by atoms with Crippen LogP contribution in [0.1, 0.15) is 30.5 Å². The van der Waals surface area contributed by atoms with E-state index in [4.69, 9.17) is 0 Å². The van der Waals surface area contributed by atoms with Gasteiger partial charge in [-0.3, -0.25) is 9.89 Å². The Hall–Kier alpha value is -2.62. The smallest absolute Gasteiger partial charge is 0.186 e. The van der Waals surface area contributed by atoms with E-state index in [0.29, 0.717) is 0 Å². The molecule has 112 valence electrons. The van der Waals surface area contributed by atoms with E-state index in [1.54, 1.807) is 6.20 Å². The summed E-state index contributed by atoms with van der Waals surface area (Å²) in [5, 5.41) is 10.1. The van der Waals surface area contributed by atoms with Crippen LogP contribution in [-0.2, 0) is 4.79 Å². The lowest BCUT2D eigenvalue weighted by Crippen LogP contribution is -2.13. The topological polar surface area (TPSA) is 57.8 Å². The first-order valence-corrected chi connectivity index (χ1v) is 7.50. The molecule has 3 rings (SSSR count).